The predicted molar refractivity (Wildman–Crippen MR) is 79.2 cm³/mol. The molecule has 0 spiro atoms. The second-order valence-corrected chi connectivity index (χ2v) is 7.70. The van der Waals surface area contributed by atoms with E-state index in [1.807, 2.05) is 24.1 Å². The first-order valence-corrected chi connectivity index (χ1v) is 7.74. The fourth-order valence-electron chi connectivity index (χ4n) is 2.46. The first-order chi connectivity index (χ1) is 8.44. The Morgan fingerprint density at radius 2 is 2.06 bits per heavy atom. The molecule has 0 unspecified atom stereocenters. The molecule has 3 nitrogen and oxygen atoms in total. The van der Waals surface area contributed by atoms with Crippen LogP contribution in [0.1, 0.15) is 28.9 Å². The second-order valence-electron chi connectivity index (χ2n) is 5.24. The van der Waals surface area contributed by atoms with Gasteiger partial charge in [0.15, 0.2) is 0 Å². The Balaban J connectivity index is 2.03. The fraction of sp³-hybridized carbons (Fsp3) is 0.615. The van der Waals surface area contributed by atoms with Gasteiger partial charge in [-0.15, -0.1) is 11.3 Å². The summed E-state index contributed by atoms with van der Waals surface area (Å²) >= 11 is 4.89. The number of rotatable bonds is 4. The van der Waals surface area contributed by atoms with Crippen molar-refractivity contribution in [2.45, 2.75) is 24.8 Å². The van der Waals surface area contributed by atoms with Crippen LogP contribution < -0.4 is 0 Å². The lowest BCUT2D eigenvalue weighted by Gasteiger charge is -2.49. The first-order valence-electron chi connectivity index (χ1n) is 6.13. The summed E-state index contributed by atoms with van der Waals surface area (Å²) in [7, 11) is 6.12. The van der Waals surface area contributed by atoms with Crippen LogP contribution in [0.25, 0.3) is 0 Å². The molecule has 1 aromatic heterocycles. The highest BCUT2D eigenvalue weighted by molar-refractivity contribution is 9.11. The molecule has 2 rings (SSSR count). The van der Waals surface area contributed by atoms with Crippen LogP contribution in [0.4, 0.5) is 0 Å². The van der Waals surface area contributed by atoms with Crippen LogP contribution in [0.3, 0.4) is 0 Å². The lowest BCUT2D eigenvalue weighted by Crippen LogP contribution is -2.57. The maximum absolute atomic E-state index is 12.3. The van der Waals surface area contributed by atoms with E-state index >= 15 is 0 Å². The number of hydrogen-bond donors (Lipinski definition) is 0. The highest BCUT2D eigenvalue weighted by Crippen LogP contribution is 2.37. The summed E-state index contributed by atoms with van der Waals surface area (Å²) in [6, 6.07) is 3.81. The second kappa shape index (κ2) is 5.31. The molecule has 0 bridgehead atoms. The van der Waals surface area contributed by atoms with Gasteiger partial charge >= 0.3 is 0 Å². The summed E-state index contributed by atoms with van der Waals surface area (Å²) in [4.78, 5) is 17.2. The molecule has 5 heteroatoms. The van der Waals surface area contributed by atoms with E-state index in [1.165, 1.54) is 30.6 Å². The van der Waals surface area contributed by atoms with E-state index in [-0.39, 0.29) is 11.4 Å². The molecule has 1 heterocycles. The molecule has 1 amide bonds. The van der Waals surface area contributed by atoms with Crippen molar-refractivity contribution in [3.8, 4) is 0 Å². The zero-order chi connectivity index (χ0) is 13.3. The maximum Gasteiger partial charge on any atom is 0.263 e. The van der Waals surface area contributed by atoms with E-state index < -0.39 is 0 Å². The van der Waals surface area contributed by atoms with E-state index in [9.17, 15) is 4.79 Å². The number of halogens is 1. The Hall–Kier alpha value is -0.390. The topological polar surface area (TPSA) is 23.6 Å². The Kier molecular flexibility index (Phi) is 4.14. The molecule has 1 aromatic rings. The standard InChI is InChI=1S/C13H19BrN2OS/c1-15(2)13(7-4-8-13)9-16(3)12(17)10-5-6-11(14)18-10/h5-6H,4,7-9H2,1-3H3. The number of carbonyl (C=O) groups is 1. The molecule has 18 heavy (non-hydrogen) atoms. The van der Waals surface area contributed by atoms with E-state index in [0.717, 1.165) is 15.2 Å². The van der Waals surface area contributed by atoms with Gasteiger partial charge in [0.05, 0.1) is 8.66 Å². The van der Waals surface area contributed by atoms with Crippen molar-refractivity contribution in [1.29, 1.82) is 0 Å². The normalized spacial score (nSPS) is 17.6. The minimum absolute atomic E-state index is 0.124. The highest BCUT2D eigenvalue weighted by atomic mass is 79.9. The average molecular weight is 331 g/mol. The van der Waals surface area contributed by atoms with Gasteiger partial charge in [0.25, 0.3) is 5.91 Å². The van der Waals surface area contributed by atoms with Crippen molar-refractivity contribution < 1.29 is 4.79 Å². The summed E-state index contributed by atoms with van der Waals surface area (Å²) in [5.74, 6) is 0.124. The van der Waals surface area contributed by atoms with Crippen LogP contribution in [0.2, 0.25) is 0 Å². The molecule has 1 saturated carbocycles. The van der Waals surface area contributed by atoms with Crippen molar-refractivity contribution in [3.05, 3.63) is 20.8 Å². The van der Waals surface area contributed by atoms with Gasteiger partial charge in [-0.25, -0.2) is 0 Å². The minimum Gasteiger partial charge on any atom is -0.339 e. The van der Waals surface area contributed by atoms with Gasteiger partial charge in [0, 0.05) is 19.1 Å². The molecule has 100 valence electrons. The third-order valence-corrected chi connectivity index (χ3v) is 5.51. The molecule has 0 N–H and O–H groups in total. The van der Waals surface area contributed by atoms with Crippen molar-refractivity contribution in [3.63, 3.8) is 0 Å². The third kappa shape index (κ3) is 2.63. The molecule has 0 radical (unpaired) electrons. The van der Waals surface area contributed by atoms with Gasteiger partial charge in [0.1, 0.15) is 0 Å². The number of hydrogen-bond acceptors (Lipinski definition) is 3. The van der Waals surface area contributed by atoms with Crippen LogP contribution in [0.15, 0.2) is 15.9 Å². The summed E-state index contributed by atoms with van der Waals surface area (Å²) < 4.78 is 1.00. The summed E-state index contributed by atoms with van der Waals surface area (Å²) in [6.45, 7) is 0.814. The number of likely N-dealkylation sites (N-methyl/N-ethyl adjacent to an activating group) is 2. The molecular weight excluding hydrogens is 312 g/mol. The van der Waals surface area contributed by atoms with Gasteiger partial charge in [0.2, 0.25) is 0 Å². The first kappa shape index (κ1) is 14.0. The minimum atomic E-state index is 0.124. The third-order valence-electron chi connectivity index (χ3n) is 3.90. The maximum atomic E-state index is 12.3. The van der Waals surface area contributed by atoms with E-state index in [4.69, 9.17) is 0 Å². The Morgan fingerprint density at radius 1 is 1.39 bits per heavy atom. The van der Waals surface area contributed by atoms with Crippen LogP contribution in [0, 0.1) is 0 Å². The van der Waals surface area contributed by atoms with E-state index in [0.29, 0.717) is 0 Å². The predicted octanol–water partition coefficient (Wildman–Crippen LogP) is 3.07. The quantitative estimate of drug-likeness (QED) is 0.847. The smallest absolute Gasteiger partial charge is 0.263 e. The van der Waals surface area contributed by atoms with Gasteiger partial charge in [-0.05, 0) is 61.4 Å². The number of thiophene rings is 1. The Labute approximate surface area is 121 Å². The molecule has 1 aliphatic rings. The molecular formula is C13H19BrN2OS. The Bertz CT molecular complexity index is 440. The van der Waals surface area contributed by atoms with Gasteiger partial charge in [-0.3, -0.25) is 4.79 Å². The summed E-state index contributed by atoms with van der Waals surface area (Å²) in [5, 5.41) is 0. The van der Waals surface area contributed by atoms with Crippen LogP contribution in [-0.2, 0) is 0 Å². The average Bonchev–Trinajstić information content (AvgIpc) is 2.68. The van der Waals surface area contributed by atoms with Gasteiger partial charge in [-0.2, -0.15) is 0 Å². The van der Waals surface area contributed by atoms with E-state index in [2.05, 4.69) is 34.9 Å². The number of nitrogens with zero attached hydrogens (tertiary/aromatic N) is 2. The van der Waals surface area contributed by atoms with Crippen LogP contribution in [0.5, 0.6) is 0 Å². The van der Waals surface area contributed by atoms with Gasteiger partial charge < -0.3 is 9.80 Å². The van der Waals surface area contributed by atoms with Crippen molar-refractivity contribution in [2.75, 3.05) is 27.7 Å². The molecule has 0 saturated heterocycles. The SMILES string of the molecule is CN(CC1(N(C)C)CCC1)C(=O)c1ccc(Br)s1. The molecule has 0 atom stereocenters. The largest absolute Gasteiger partial charge is 0.339 e. The van der Waals surface area contributed by atoms with E-state index in [1.54, 1.807) is 0 Å². The Morgan fingerprint density at radius 3 is 2.44 bits per heavy atom. The number of carbonyl (C=O) groups excluding carboxylic acids is 1. The van der Waals surface area contributed by atoms with Crippen molar-refractivity contribution in [2.24, 2.45) is 0 Å². The number of amides is 1. The fourth-order valence-corrected chi connectivity index (χ4v) is 3.84. The zero-order valence-corrected chi connectivity index (χ0v) is 13.5. The lowest BCUT2D eigenvalue weighted by molar-refractivity contribution is 0.0254. The van der Waals surface area contributed by atoms with Crippen molar-refractivity contribution in [1.82, 2.24) is 9.80 Å². The zero-order valence-electron chi connectivity index (χ0n) is 11.1. The lowest BCUT2D eigenvalue weighted by atomic mass is 9.75. The van der Waals surface area contributed by atoms with Gasteiger partial charge in [-0.1, -0.05) is 0 Å². The van der Waals surface area contributed by atoms with Crippen LogP contribution >= 0.6 is 27.3 Å². The van der Waals surface area contributed by atoms with Crippen LogP contribution in [-0.4, -0.2) is 48.9 Å². The summed E-state index contributed by atoms with van der Waals surface area (Å²) in [5.41, 5.74) is 0.193. The highest BCUT2D eigenvalue weighted by Gasteiger charge is 2.40. The molecule has 1 aliphatic carbocycles. The molecule has 1 fully saturated rings. The molecule has 0 aliphatic heterocycles. The monoisotopic (exact) mass is 330 g/mol. The summed E-state index contributed by atoms with van der Waals surface area (Å²) in [6.07, 6.45) is 3.64. The molecule has 0 aromatic carbocycles. The van der Waals surface area contributed by atoms with Crippen molar-refractivity contribution >= 4 is 33.2 Å².